The first-order chi connectivity index (χ1) is 12.8. The molecule has 0 spiro atoms. The molecule has 27 heavy (non-hydrogen) atoms. The summed E-state index contributed by atoms with van der Waals surface area (Å²) in [7, 11) is -3.72. The lowest BCUT2D eigenvalue weighted by Gasteiger charge is -2.16. The van der Waals surface area contributed by atoms with Crippen molar-refractivity contribution in [3.05, 3.63) is 53.1 Å². The Morgan fingerprint density at radius 1 is 1.22 bits per heavy atom. The molecule has 0 aromatic heterocycles. The number of rotatable bonds is 5. The first-order valence-corrected chi connectivity index (χ1v) is 10.2. The molecule has 0 atom stereocenters. The average molecular weight is 409 g/mol. The van der Waals surface area contributed by atoms with E-state index in [4.69, 9.17) is 16.3 Å². The van der Waals surface area contributed by atoms with Gasteiger partial charge in [-0.2, -0.15) is 0 Å². The fraction of sp³-hybridized carbons (Fsp3) is 0.222. The molecule has 2 aromatic carbocycles. The monoisotopic (exact) mass is 408 g/mol. The van der Waals surface area contributed by atoms with E-state index < -0.39 is 21.8 Å². The molecule has 1 N–H and O–H groups in total. The third-order valence-corrected chi connectivity index (χ3v) is 5.95. The quantitative estimate of drug-likeness (QED) is 0.820. The Kier molecular flexibility index (Phi) is 5.38. The van der Waals surface area contributed by atoms with E-state index in [1.165, 1.54) is 18.2 Å². The number of sulfonamides is 1. The molecule has 0 saturated carbocycles. The zero-order chi connectivity index (χ0) is 19.6. The molecule has 0 unspecified atom stereocenters. The molecule has 1 fully saturated rings. The number of carbonyl (C=O) groups excluding carboxylic acids is 2. The van der Waals surface area contributed by atoms with Crippen LogP contribution < -0.4 is 14.4 Å². The summed E-state index contributed by atoms with van der Waals surface area (Å²) in [6, 6.07) is 10.9. The molecular formula is C18H17ClN2O5S. The summed E-state index contributed by atoms with van der Waals surface area (Å²) < 4.78 is 30.2. The van der Waals surface area contributed by atoms with Crippen LogP contribution in [0.1, 0.15) is 23.7 Å². The van der Waals surface area contributed by atoms with Crippen molar-refractivity contribution in [3.63, 3.8) is 0 Å². The predicted molar refractivity (Wildman–Crippen MR) is 103 cm³/mol. The summed E-state index contributed by atoms with van der Waals surface area (Å²) >= 11 is 6.10. The number of hydrogen-bond acceptors (Lipinski definition) is 5. The number of amides is 2. The summed E-state index contributed by atoms with van der Waals surface area (Å²) in [5.74, 6) is -0.624. The molecule has 0 aliphatic carbocycles. The van der Waals surface area contributed by atoms with Crippen molar-refractivity contribution in [1.82, 2.24) is 0 Å². The number of benzene rings is 2. The van der Waals surface area contributed by atoms with Gasteiger partial charge in [-0.1, -0.05) is 11.6 Å². The van der Waals surface area contributed by atoms with Crippen LogP contribution in [0.4, 0.5) is 11.4 Å². The number of carbonyl (C=O) groups is 2. The number of halogens is 1. The molecule has 9 heteroatoms. The van der Waals surface area contributed by atoms with Gasteiger partial charge in [0.05, 0.1) is 28.6 Å². The van der Waals surface area contributed by atoms with Crippen molar-refractivity contribution >= 4 is 44.8 Å². The molecule has 0 radical (unpaired) electrons. The van der Waals surface area contributed by atoms with Crippen LogP contribution in [0.3, 0.4) is 0 Å². The summed E-state index contributed by atoms with van der Waals surface area (Å²) in [4.78, 5) is 24.5. The van der Waals surface area contributed by atoms with Crippen LogP contribution in [0.25, 0.3) is 0 Å². The molecule has 1 aliphatic rings. The van der Waals surface area contributed by atoms with Gasteiger partial charge in [0, 0.05) is 12.1 Å². The van der Waals surface area contributed by atoms with Crippen molar-refractivity contribution in [1.29, 1.82) is 0 Å². The van der Waals surface area contributed by atoms with Gasteiger partial charge in [-0.25, -0.2) is 12.7 Å². The van der Waals surface area contributed by atoms with E-state index in [9.17, 15) is 18.0 Å². The van der Waals surface area contributed by atoms with E-state index in [0.29, 0.717) is 18.0 Å². The van der Waals surface area contributed by atoms with Crippen LogP contribution in [0, 0.1) is 0 Å². The highest BCUT2D eigenvalue weighted by Crippen LogP contribution is 2.29. The minimum atomic E-state index is -3.72. The molecule has 142 valence electrons. The minimum absolute atomic E-state index is 0.0675. The molecule has 2 amide bonds. The summed E-state index contributed by atoms with van der Waals surface area (Å²) in [6.45, 7) is 2.40. The van der Waals surface area contributed by atoms with Crippen molar-refractivity contribution in [2.75, 3.05) is 22.0 Å². The lowest BCUT2D eigenvalue weighted by molar-refractivity contribution is -0.116. The molecule has 1 heterocycles. The average Bonchev–Trinajstić information content (AvgIpc) is 2.90. The fourth-order valence-corrected chi connectivity index (χ4v) is 4.34. The highest BCUT2D eigenvalue weighted by Gasteiger charge is 2.36. The van der Waals surface area contributed by atoms with Crippen LogP contribution in [0.5, 0.6) is 5.75 Å². The number of hydrogen-bond donors (Lipinski definition) is 1. The third kappa shape index (κ3) is 4.06. The maximum absolute atomic E-state index is 12.6. The maximum atomic E-state index is 12.6. The zero-order valence-electron chi connectivity index (χ0n) is 14.4. The van der Waals surface area contributed by atoms with Gasteiger partial charge >= 0.3 is 0 Å². The number of nitrogens with zero attached hydrogens (tertiary/aromatic N) is 1. The molecule has 1 saturated heterocycles. The molecule has 3 rings (SSSR count). The molecule has 0 bridgehead atoms. The van der Waals surface area contributed by atoms with Crippen molar-refractivity contribution in [2.45, 2.75) is 13.3 Å². The van der Waals surface area contributed by atoms with Gasteiger partial charge in [0.25, 0.3) is 5.91 Å². The van der Waals surface area contributed by atoms with Crippen LogP contribution in [0.15, 0.2) is 42.5 Å². The SMILES string of the molecule is CCOc1ccc(NC(=O)c2cc(N3C(=O)CCS3(=O)=O)ccc2Cl)cc1. The summed E-state index contributed by atoms with van der Waals surface area (Å²) in [5, 5.41) is 2.83. The first-order valence-electron chi connectivity index (χ1n) is 8.21. The Morgan fingerprint density at radius 2 is 1.93 bits per heavy atom. The number of nitrogens with one attached hydrogen (secondary N) is 1. The lowest BCUT2D eigenvalue weighted by Crippen LogP contribution is -2.29. The fourth-order valence-electron chi connectivity index (χ4n) is 2.68. The Balaban J connectivity index is 1.85. The molecule has 2 aromatic rings. The van der Waals surface area contributed by atoms with E-state index in [0.717, 1.165) is 4.31 Å². The van der Waals surface area contributed by atoms with Crippen LogP contribution in [-0.4, -0.2) is 32.6 Å². The minimum Gasteiger partial charge on any atom is -0.494 e. The Labute approximate surface area is 161 Å². The van der Waals surface area contributed by atoms with Crippen molar-refractivity contribution in [2.24, 2.45) is 0 Å². The standard InChI is InChI=1S/C18H17ClN2O5S/c1-2-26-14-6-3-12(4-7-14)20-18(23)15-11-13(5-8-16(15)19)21-17(22)9-10-27(21,24)25/h3-8,11H,2,9-10H2,1H3,(H,20,23). The third-order valence-electron chi connectivity index (χ3n) is 3.93. The molecular weight excluding hydrogens is 392 g/mol. The van der Waals surface area contributed by atoms with Crippen LogP contribution >= 0.6 is 11.6 Å². The van der Waals surface area contributed by atoms with Crippen LogP contribution in [-0.2, 0) is 14.8 Å². The van der Waals surface area contributed by atoms with Gasteiger partial charge in [-0.05, 0) is 49.4 Å². The highest BCUT2D eigenvalue weighted by atomic mass is 35.5. The Hall–Kier alpha value is -2.58. The van der Waals surface area contributed by atoms with Crippen molar-refractivity contribution < 1.29 is 22.7 Å². The highest BCUT2D eigenvalue weighted by molar-refractivity contribution is 7.94. The largest absolute Gasteiger partial charge is 0.494 e. The normalized spacial score (nSPS) is 15.6. The molecule has 1 aliphatic heterocycles. The smallest absolute Gasteiger partial charge is 0.257 e. The lowest BCUT2D eigenvalue weighted by atomic mass is 10.1. The maximum Gasteiger partial charge on any atom is 0.257 e. The van der Waals surface area contributed by atoms with E-state index in [1.807, 2.05) is 6.92 Å². The van der Waals surface area contributed by atoms with E-state index in [-0.39, 0.29) is 28.4 Å². The van der Waals surface area contributed by atoms with Gasteiger partial charge in [0.1, 0.15) is 5.75 Å². The van der Waals surface area contributed by atoms with Gasteiger partial charge in [-0.15, -0.1) is 0 Å². The van der Waals surface area contributed by atoms with E-state index in [1.54, 1.807) is 24.3 Å². The zero-order valence-corrected chi connectivity index (χ0v) is 16.0. The summed E-state index contributed by atoms with van der Waals surface area (Å²) in [5.41, 5.74) is 0.687. The summed E-state index contributed by atoms with van der Waals surface area (Å²) in [6.07, 6.45) is -0.0847. The second-order valence-electron chi connectivity index (χ2n) is 5.80. The second-order valence-corrected chi connectivity index (χ2v) is 8.14. The molecule has 7 nitrogen and oxygen atoms in total. The van der Waals surface area contributed by atoms with Gasteiger partial charge < -0.3 is 10.1 Å². The Morgan fingerprint density at radius 3 is 2.52 bits per heavy atom. The van der Waals surface area contributed by atoms with E-state index in [2.05, 4.69) is 5.32 Å². The topological polar surface area (TPSA) is 92.8 Å². The van der Waals surface area contributed by atoms with Crippen LogP contribution in [0.2, 0.25) is 5.02 Å². The van der Waals surface area contributed by atoms with Gasteiger partial charge in [-0.3, -0.25) is 9.59 Å². The van der Waals surface area contributed by atoms with Crippen molar-refractivity contribution in [3.8, 4) is 5.75 Å². The van der Waals surface area contributed by atoms with Gasteiger partial charge in [0.2, 0.25) is 15.9 Å². The second kappa shape index (κ2) is 7.58. The van der Waals surface area contributed by atoms with E-state index >= 15 is 0 Å². The van der Waals surface area contributed by atoms with Gasteiger partial charge in [0.15, 0.2) is 0 Å². The first kappa shape index (κ1) is 19.2. The number of anilines is 2. The number of ether oxygens (including phenoxy) is 1. The predicted octanol–water partition coefficient (Wildman–Crippen LogP) is 3.06. The Bertz CT molecular complexity index is 989.